The van der Waals surface area contributed by atoms with Crippen molar-refractivity contribution in [3.05, 3.63) is 66.2 Å². The maximum absolute atomic E-state index is 13.2. The number of aromatic nitrogens is 5. The Hall–Kier alpha value is -4.11. The molecule has 1 fully saturated rings. The summed E-state index contributed by atoms with van der Waals surface area (Å²) in [6, 6.07) is 8.47. The van der Waals surface area contributed by atoms with E-state index in [4.69, 9.17) is 0 Å². The van der Waals surface area contributed by atoms with Gasteiger partial charge in [0.05, 0.1) is 22.8 Å². The number of anilines is 2. The first-order valence-electron chi connectivity index (χ1n) is 12.9. The maximum Gasteiger partial charge on any atom is 0.433 e. The number of sulfone groups is 1. The minimum atomic E-state index is -4.63. The van der Waals surface area contributed by atoms with Gasteiger partial charge in [0.2, 0.25) is 5.82 Å². The van der Waals surface area contributed by atoms with E-state index in [1.165, 1.54) is 29.0 Å². The van der Waals surface area contributed by atoms with E-state index in [0.29, 0.717) is 37.4 Å². The Morgan fingerprint density at radius 2 is 1.80 bits per heavy atom. The molecule has 0 aliphatic carbocycles. The highest BCUT2D eigenvalue weighted by Gasteiger charge is 2.32. The Kier molecular flexibility index (Phi) is 9.18. The number of nitrogens with one attached hydrogen (secondary N) is 2. The van der Waals surface area contributed by atoms with Crippen LogP contribution in [0.3, 0.4) is 0 Å². The van der Waals surface area contributed by atoms with Crippen LogP contribution in [0.2, 0.25) is 0 Å². The van der Waals surface area contributed by atoms with Gasteiger partial charge in [0, 0.05) is 44.8 Å². The fraction of sp³-hybridized carbons (Fsp3) is 0.346. The summed E-state index contributed by atoms with van der Waals surface area (Å²) in [5.74, 6) is -0.00344. The largest absolute Gasteiger partial charge is 0.433 e. The first kappa shape index (κ1) is 29.9. The maximum atomic E-state index is 13.2. The summed E-state index contributed by atoms with van der Waals surface area (Å²) in [7, 11) is -2.99. The summed E-state index contributed by atoms with van der Waals surface area (Å²) in [5.41, 5.74) is -0.0160. The number of alkyl halides is 3. The molecule has 11 nitrogen and oxygen atoms in total. The second-order valence-electron chi connectivity index (χ2n) is 8.82. The van der Waals surface area contributed by atoms with Crippen molar-refractivity contribution in [3.63, 3.8) is 0 Å². The second kappa shape index (κ2) is 12.6. The van der Waals surface area contributed by atoms with Crippen LogP contribution in [0.1, 0.15) is 29.9 Å². The molecule has 1 amide bonds. The molecule has 15 heteroatoms. The molecule has 1 saturated heterocycles. The Balaban J connectivity index is 0.00000189. The number of hydrogen-bond donors (Lipinski definition) is 2. The third-order valence-electron chi connectivity index (χ3n) is 6.13. The van der Waals surface area contributed by atoms with Gasteiger partial charge in [-0.25, -0.2) is 22.9 Å². The third kappa shape index (κ3) is 7.35. The van der Waals surface area contributed by atoms with E-state index in [9.17, 15) is 26.4 Å². The average molecular weight is 591 g/mol. The van der Waals surface area contributed by atoms with Gasteiger partial charge in [-0.05, 0) is 30.3 Å². The van der Waals surface area contributed by atoms with Crippen molar-refractivity contribution in [2.75, 3.05) is 43.0 Å². The molecule has 0 atom stereocenters. The standard InChI is InChI=1S/C24H23F3N8O3S.C2H6/c25-24(26,27)20-5-1-3-18(30-20)21-32-22(19-4-2-9-35(19)33-21)31-17-6-7-28-15-16(17)23(36)29-8-10-34-11-13-39(37,38)14-12-34;1-2/h1-7,9,15H,8,10-14H2,(H,29,36)(H,28,31,32,33);1-2H3. The van der Waals surface area contributed by atoms with Crippen LogP contribution in [0.5, 0.6) is 0 Å². The van der Waals surface area contributed by atoms with Crippen LogP contribution in [0.15, 0.2) is 55.0 Å². The Bertz CT molecular complexity index is 1610. The van der Waals surface area contributed by atoms with E-state index in [2.05, 4.69) is 30.7 Å². The van der Waals surface area contributed by atoms with Crippen molar-refractivity contribution in [1.29, 1.82) is 0 Å². The normalized spacial score (nSPS) is 15.1. The first-order chi connectivity index (χ1) is 19.6. The molecule has 4 aromatic rings. The van der Waals surface area contributed by atoms with Gasteiger partial charge in [-0.2, -0.15) is 13.2 Å². The lowest BCUT2D eigenvalue weighted by Gasteiger charge is -2.26. The number of carbonyl (C=O) groups is 1. The number of nitrogens with zero attached hydrogens (tertiary/aromatic N) is 6. The van der Waals surface area contributed by atoms with Crippen LogP contribution in [-0.2, 0) is 16.0 Å². The molecule has 4 aromatic heterocycles. The fourth-order valence-corrected chi connectivity index (χ4v) is 5.34. The van der Waals surface area contributed by atoms with Crippen LogP contribution < -0.4 is 10.6 Å². The lowest BCUT2D eigenvalue weighted by atomic mass is 10.2. The first-order valence-corrected chi connectivity index (χ1v) is 14.7. The van der Waals surface area contributed by atoms with Crippen LogP contribution in [0, 0.1) is 0 Å². The van der Waals surface area contributed by atoms with Gasteiger partial charge in [-0.1, -0.05) is 19.9 Å². The van der Waals surface area contributed by atoms with Crippen molar-refractivity contribution >= 4 is 32.8 Å². The number of halogens is 3. The summed E-state index contributed by atoms with van der Waals surface area (Å²) < 4.78 is 64.3. The van der Waals surface area contributed by atoms with Gasteiger partial charge in [0.15, 0.2) is 15.7 Å². The average Bonchev–Trinajstić information content (AvgIpc) is 3.44. The zero-order valence-electron chi connectivity index (χ0n) is 22.4. The SMILES string of the molecule is CC.O=C(NCCN1CCS(=O)(=O)CC1)c1cnccc1Nc1nc(-c2cccc(C(F)(F)F)n2)nn2cccc12. The van der Waals surface area contributed by atoms with Gasteiger partial charge in [-0.3, -0.25) is 14.7 Å². The summed E-state index contributed by atoms with van der Waals surface area (Å²) in [5, 5.41) is 10.2. The van der Waals surface area contributed by atoms with Crippen molar-refractivity contribution in [1.82, 2.24) is 34.8 Å². The number of hydrogen-bond acceptors (Lipinski definition) is 9. The third-order valence-corrected chi connectivity index (χ3v) is 7.74. The summed E-state index contributed by atoms with van der Waals surface area (Å²) >= 11 is 0. The number of rotatable bonds is 7. The Morgan fingerprint density at radius 1 is 1.05 bits per heavy atom. The fourth-order valence-electron chi connectivity index (χ4n) is 4.06. The summed E-state index contributed by atoms with van der Waals surface area (Å²) in [6.07, 6.45) is -0.138. The molecule has 5 rings (SSSR count). The van der Waals surface area contributed by atoms with Crippen LogP contribution in [0.4, 0.5) is 24.7 Å². The molecule has 0 spiro atoms. The Labute approximate surface area is 234 Å². The topological polar surface area (TPSA) is 134 Å². The van der Waals surface area contributed by atoms with Gasteiger partial charge < -0.3 is 10.6 Å². The molecule has 41 heavy (non-hydrogen) atoms. The van der Waals surface area contributed by atoms with Crippen molar-refractivity contribution in [2.45, 2.75) is 20.0 Å². The highest BCUT2D eigenvalue weighted by Crippen LogP contribution is 2.30. The molecule has 1 aliphatic heterocycles. The molecule has 2 N–H and O–H groups in total. The number of fused-ring (bicyclic) bond motifs is 1. The van der Waals surface area contributed by atoms with Gasteiger partial charge in [0.1, 0.15) is 16.9 Å². The molecule has 0 radical (unpaired) electrons. The zero-order valence-corrected chi connectivity index (χ0v) is 23.2. The Morgan fingerprint density at radius 3 is 2.54 bits per heavy atom. The van der Waals surface area contributed by atoms with Crippen LogP contribution in [-0.4, -0.2) is 81.5 Å². The summed E-state index contributed by atoms with van der Waals surface area (Å²) in [4.78, 5) is 27.1. The zero-order chi connectivity index (χ0) is 29.6. The smallest absolute Gasteiger partial charge is 0.351 e. The van der Waals surface area contributed by atoms with E-state index in [1.807, 2.05) is 18.7 Å². The van der Waals surface area contributed by atoms with E-state index in [0.717, 1.165) is 6.07 Å². The molecular weight excluding hydrogens is 561 g/mol. The molecule has 0 unspecified atom stereocenters. The molecule has 0 saturated carbocycles. The van der Waals surface area contributed by atoms with Crippen molar-refractivity contribution in [3.8, 4) is 11.5 Å². The lowest BCUT2D eigenvalue weighted by molar-refractivity contribution is -0.141. The highest BCUT2D eigenvalue weighted by molar-refractivity contribution is 7.91. The van der Waals surface area contributed by atoms with Gasteiger partial charge >= 0.3 is 6.18 Å². The monoisotopic (exact) mass is 590 g/mol. The van der Waals surface area contributed by atoms with Crippen molar-refractivity contribution < 1.29 is 26.4 Å². The van der Waals surface area contributed by atoms with E-state index in [-0.39, 0.29) is 34.4 Å². The molecule has 218 valence electrons. The predicted molar refractivity (Wildman–Crippen MR) is 148 cm³/mol. The molecule has 0 bridgehead atoms. The lowest BCUT2D eigenvalue weighted by Crippen LogP contribution is -2.43. The quantitative estimate of drug-likeness (QED) is 0.332. The summed E-state index contributed by atoms with van der Waals surface area (Å²) in [6.45, 7) is 5.63. The van der Waals surface area contributed by atoms with Crippen molar-refractivity contribution in [2.24, 2.45) is 0 Å². The minimum absolute atomic E-state index is 0.0455. The highest BCUT2D eigenvalue weighted by atomic mass is 32.2. The van der Waals surface area contributed by atoms with Gasteiger partial charge in [-0.15, -0.1) is 5.10 Å². The molecule has 0 aromatic carbocycles. The number of amides is 1. The molecule has 1 aliphatic rings. The van der Waals surface area contributed by atoms with E-state index in [1.54, 1.807) is 24.4 Å². The van der Waals surface area contributed by atoms with Crippen LogP contribution >= 0.6 is 0 Å². The van der Waals surface area contributed by atoms with Gasteiger partial charge in [0.25, 0.3) is 5.91 Å². The van der Waals surface area contributed by atoms with E-state index < -0.39 is 27.6 Å². The number of pyridine rings is 2. The minimum Gasteiger partial charge on any atom is -0.351 e. The van der Waals surface area contributed by atoms with Crippen LogP contribution in [0.25, 0.3) is 17.0 Å². The predicted octanol–water partition coefficient (Wildman–Crippen LogP) is 3.44. The van der Waals surface area contributed by atoms with E-state index >= 15 is 0 Å². The number of carbonyl (C=O) groups excluding carboxylic acids is 1. The second-order valence-corrected chi connectivity index (χ2v) is 11.1. The molecular formula is C26H29F3N8O3S. The molecule has 5 heterocycles.